The third-order valence-electron chi connectivity index (χ3n) is 5.73. The van der Waals surface area contributed by atoms with E-state index in [1.165, 1.54) is 66.7 Å². The van der Waals surface area contributed by atoms with Crippen LogP contribution in [0.25, 0.3) is 17.1 Å². The van der Waals surface area contributed by atoms with Crippen LogP contribution in [0.15, 0.2) is 40.0 Å². The average molecular weight is 560 g/mol. The average Bonchev–Trinajstić information content (AvgIpc) is 3.25. The lowest BCUT2D eigenvalue weighted by molar-refractivity contribution is -0.385. The van der Waals surface area contributed by atoms with Gasteiger partial charge in [0.15, 0.2) is 0 Å². The molecule has 1 aliphatic heterocycles. The molecule has 0 bridgehead atoms. The lowest BCUT2D eigenvalue weighted by Gasteiger charge is -2.13. The van der Waals surface area contributed by atoms with Crippen LogP contribution in [-0.2, 0) is 28.4 Å². The van der Waals surface area contributed by atoms with Gasteiger partial charge in [0.2, 0.25) is 5.91 Å². The van der Waals surface area contributed by atoms with Gasteiger partial charge < -0.3 is 10.1 Å². The maximum atomic E-state index is 12.9. The Morgan fingerprint density at radius 2 is 1.79 bits per heavy atom. The number of nitro benzene ring substituents is 1. The van der Waals surface area contributed by atoms with Gasteiger partial charge in [-0.1, -0.05) is 11.6 Å². The van der Waals surface area contributed by atoms with Crippen molar-refractivity contribution in [2.24, 2.45) is 14.1 Å². The number of rotatable bonds is 6. The summed E-state index contributed by atoms with van der Waals surface area (Å²) in [4.78, 5) is 73.7. The van der Waals surface area contributed by atoms with Crippen LogP contribution >= 0.6 is 23.4 Å². The van der Waals surface area contributed by atoms with Crippen LogP contribution in [-0.4, -0.2) is 55.6 Å². The van der Waals surface area contributed by atoms with Gasteiger partial charge in [0.1, 0.15) is 6.54 Å². The van der Waals surface area contributed by atoms with Crippen LogP contribution < -0.4 is 11.0 Å². The number of benzene rings is 2. The molecular weight excluding hydrogens is 542 g/mol. The molecule has 3 aromatic rings. The summed E-state index contributed by atoms with van der Waals surface area (Å²) < 4.78 is 7.19. The molecule has 0 aliphatic carbocycles. The number of methoxy groups -OCH3 is 1. The largest absolute Gasteiger partial charge is 0.465 e. The fourth-order valence-electron chi connectivity index (χ4n) is 3.82. The van der Waals surface area contributed by atoms with Crippen LogP contribution in [0.4, 0.5) is 16.2 Å². The van der Waals surface area contributed by atoms with Crippen LogP contribution in [0.5, 0.6) is 0 Å². The van der Waals surface area contributed by atoms with E-state index in [2.05, 4.69) is 10.1 Å². The highest BCUT2D eigenvalue weighted by Crippen LogP contribution is 2.35. The maximum absolute atomic E-state index is 12.9. The third-order valence-corrected chi connectivity index (χ3v) is 6.97. The Bertz CT molecular complexity index is 1660. The molecular formula is C23H18ClN5O8S. The molecule has 4 rings (SSSR count). The predicted molar refractivity (Wildman–Crippen MR) is 139 cm³/mol. The number of imidazole rings is 1. The molecule has 0 atom stereocenters. The first-order valence-corrected chi connectivity index (χ1v) is 11.9. The summed E-state index contributed by atoms with van der Waals surface area (Å²) >= 11 is 6.48. The lowest BCUT2D eigenvalue weighted by Crippen LogP contribution is -2.36. The molecule has 0 saturated carbocycles. The quantitative estimate of drug-likeness (QED) is 0.207. The number of aryl methyl sites for hydroxylation is 2. The number of esters is 1. The molecule has 196 valence electrons. The number of aromatic nitrogens is 2. The number of hydrogen-bond acceptors (Lipinski definition) is 9. The van der Waals surface area contributed by atoms with E-state index in [-0.39, 0.29) is 32.4 Å². The molecule has 15 heteroatoms. The monoisotopic (exact) mass is 559 g/mol. The van der Waals surface area contributed by atoms with E-state index in [9.17, 15) is 34.1 Å². The molecule has 0 spiro atoms. The molecule has 13 nitrogen and oxygen atoms in total. The number of hydrogen-bond donors (Lipinski definition) is 1. The van der Waals surface area contributed by atoms with Gasteiger partial charge in [0, 0.05) is 25.8 Å². The van der Waals surface area contributed by atoms with Gasteiger partial charge in [-0.2, -0.15) is 0 Å². The number of nitrogens with one attached hydrogen (secondary N) is 1. The van der Waals surface area contributed by atoms with Crippen molar-refractivity contribution in [2.75, 3.05) is 19.0 Å². The zero-order valence-corrected chi connectivity index (χ0v) is 21.6. The number of nitro groups is 1. The number of carbonyl (C=O) groups is 4. The standard InChI is InChI=1S/C23H18ClN5O8S/c1-26-16-6-11(15(29(35)36)9-17(16)27(2)22(26)33)7-18-20(31)28(23(34)38-18)10-19(30)25-12-4-5-14(24)13(8-12)21(32)37-3/h4-9H,10H2,1-3H3,(H,25,30)/b18-7-. The summed E-state index contributed by atoms with van der Waals surface area (Å²) in [5, 5.41) is 13.5. The predicted octanol–water partition coefficient (Wildman–Crippen LogP) is 2.90. The third kappa shape index (κ3) is 4.78. The Kier molecular flexibility index (Phi) is 7.11. The first-order valence-electron chi connectivity index (χ1n) is 10.7. The summed E-state index contributed by atoms with van der Waals surface area (Å²) in [7, 11) is 4.15. The molecule has 3 amide bonds. The number of ether oxygens (including phenoxy) is 1. The van der Waals surface area contributed by atoms with E-state index < -0.39 is 40.2 Å². The Hall–Kier alpha value is -4.43. The number of imide groups is 1. The van der Waals surface area contributed by atoms with Crippen molar-refractivity contribution in [2.45, 2.75) is 0 Å². The molecule has 1 aromatic heterocycles. The molecule has 1 fully saturated rings. The zero-order chi connectivity index (χ0) is 27.9. The molecule has 2 heterocycles. The van der Waals surface area contributed by atoms with E-state index in [0.29, 0.717) is 27.7 Å². The minimum absolute atomic E-state index is 0.00940. The van der Waals surface area contributed by atoms with Crippen molar-refractivity contribution in [3.63, 3.8) is 0 Å². The smallest absolute Gasteiger partial charge is 0.339 e. The number of anilines is 1. The van der Waals surface area contributed by atoms with Crippen molar-refractivity contribution in [3.05, 3.63) is 72.0 Å². The Morgan fingerprint density at radius 1 is 1.13 bits per heavy atom. The van der Waals surface area contributed by atoms with Crippen LogP contribution in [0.1, 0.15) is 15.9 Å². The molecule has 0 radical (unpaired) electrons. The number of halogens is 1. The fraction of sp³-hybridized carbons (Fsp3) is 0.174. The Labute approximate surface area is 222 Å². The first-order chi connectivity index (χ1) is 17.9. The number of carbonyl (C=O) groups excluding carboxylic acids is 4. The van der Waals surface area contributed by atoms with Crippen LogP contribution in [0.2, 0.25) is 5.02 Å². The topological polar surface area (TPSA) is 163 Å². The van der Waals surface area contributed by atoms with Gasteiger partial charge in [-0.25, -0.2) is 9.59 Å². The molecule has 0 unspecified atom stereocenters. The summed E-state index contributed by atoms with van der Waals surface area (Å²) in [5.74, 6) is -2.28. The summed E-state index contributed by atoms with van der Waals surface area (Å²) in [6.07, 6.45) is 1.18. The second kappa shape index (κ2) is 10.1. The van der Waals surface area contributed by atoms with Gasteiger partial charge >= 0.3 is 11.7 Å². The van der Waals surface area contributed by atoms with E-state index in [1.807, 2.05) is 0 Å². The number of amides is 3. The summed E-state index contributed by atoms with van der Waals surface area (Å²) in [5.41, 5.74) is 0.154. The van der Waals surface area contributed by atoms with Gasteiger partial charge in [-0.15, -0.1) is 0 Å². The maximum Gasteiger partial charge on any atom is 0.339 e. The molecule has 1 saturated heterocycles. The first kappa shape index (κ1) is 26.6. The molecule has 1 N–H and O–H groups in total. The van der Waals surface area contributed by atoms with Gasteiger partial charge in [0.05, 0.1) is 44.1 Å². The number of nitrogens with zero attached hydrogens (tertiary/aromatic N) is 4. The highest BCUT2D eigenvalue weighted by atomic mass is 35.5. The fourth-order valence-corrected chi connectivity index (χ4v) is 4.84. The van der Waals surface area contributed by atoms with Gasteiger partial charge in [-0.3, -0.25) is 38.5 Å². The van der Waals surface area contributed by atoms with Crippen molar-refractivity contribution in [3.8, 4) is 0 Å². The normalized spacial score (nSPS) is 14.4. The van der Waals surface area contributed by atoms with Gasteiger partial charge in [0.25, 0.3) is 16.8 Å². The summed E-state index contributed by atoms with van der Waals surface area (Å²) in [6.45, 7) is -0.646. The molecule has 38 heavy (non-hydrogen) atoms. The van der Waals surface area contributed by atoms with Crippen molar-refractivity contribution >= 4 is 74.9 Å². The van der Waals surface area contributed by atoms with E-state index in [1.54, 1.807) is 0 Å². The van der Waals surface area contributed by atoms with E-state index in [4.69, 9.17) is 11.6 Å². The van der Waals surface area contributed by atoms with E-state index in [0.717, 1.165) is 0 Å². The highest BCUT2D eigenvalue weighted by molar-refractivity contribution is 8.18. The van der Waals surface area contributed by atoms with Crippen LogP contribution in [0.3, 0.4) is 0 Å². The zero-order valence-electron chi connectivity index (χ0n) is 20.0. The van der Waals surface area contributed by atoms with Crippen molar-refractivity contribution in [1.29, 1.82) is 0 Å². The van der Waals surface area contributed by atoms with Crippen molar-refractivity contribution in [1.82, 2.24) is 14.0 Å². The SMILES string of the molecule is COC(=O)c1cc(NC(=O)CN2C(=O)S/C(=C\c3cc4c(cc3[N+](=O)[O-])n(C)c(=O)n4C)C2=O)ccc1Cl. The Balaban J connectivity index is 1.59. The van der Waals surface area contributed by atoms with E-state index >= 15 is 0 Å². The summed E-state index contributed by atoms with van der Waals surface area (Å²) in [6, 6.07) is 6.68. The van der Waals surface area contributed by atoms with Crippen LogP contribution in [0, 0.1) is 10.1 Å². The van der Waals surface area contributed by atoms with Crippen molar-refractivity contribution < 1.29 is 28.8 Å². The minimum Gasteiger partial charge on any atom is -0.465 e. The second-order valence-electron chi connectivity index (χ2n) is 8.06. The Morgan fingerprint density at radius 3 is 2.42 bits per heavy atom. The second-order valence-corrected chi connectivity index (χ2v) is 9.46. The van der Waals surface area contributed by atoms with Gasteiger partial charge in [-0.05, 0) is 42.1 Å². The minimum atomic E-state index is -0.821. The molecule has 2 aromatic carbocycles. The number of fused-ring (bicyclic) bond motifs is 1. The number of thioether (sulfide) groups is 1. The molecule has 1 aliphatic rings. The lowest BCUT2D eigenvalue weighted by atomic mass is 10.1. The highest BCUT2D eigenvalue weighted by Gasteiger charge is 2.37.